The molecule has 1 aromatic rings. The van der Waals surface area contributed by atoms with E-state index in [0.717, 1.165) is 30.5 Å². The number of rotatable bonds is 3. The number of fused-ring (bicyclic) bond motifs is 3. The molecule has 0 aromatic heterocycles. The molecule has 2 unspecified atom stereocenters. The Balaban J connectivity index is 2.14. The van der Waals surface area contributed by atoms with E-state index in [2.05, 4.69) is 18.3 Å². The van der Waals surface area contributed by atoms with Crippen LogP contribution in [0.1, 0.15) is 38.2 Å². The molecule has 1 aromatic carbocycles. The summed E-state index contributed by atoms with van der Waals surface area (Å²) in [5.41, 5.74) is 0.656. The maximum atomic E-state index is 12.2. The van der Waals surface area contributed by atoms with Crippen LogP contribution in [-0.2, 0) is 10.2 Å². The molecular formula is C15H15ClN2O. The number of carbonyl (C=O) groups excluding carboxylic acids is 1. The first-order chi connectivity index (χ1) is 9.09. The van der Waals surface area contributed by atoms with E-state index in [4.69, 9.17) is 11.6 Å². The van der Waals surface area contributed by atoms with Gasteiger partial charge in [0.25, 0.3) is 0 Å². The van der Waals surface area contributed by atoms with Crippen molar-refractivity contribution in [2.75, 3.05) is 5.32 Å². The van der Waals surface area contributed by atoms with Crippen LogP contribution < -0.4 is 5.32 Å². The summed E-state index contributed by atoms with van der Waals surface area (Å²) in [4.78, 5) is 12.2. The molecule has 0 saturated heterocycles. The van der Waals surface area contributed by atoms with Gasteiger partial charge >= 0.3 is 0 Å². The summed E-state index contributed by atoms with van der Waals surface area (Å²) in [6, 6.07) is 7.78. The van der Waals surface area contributed by atoms with Crippen LogP contribution >= 0.6 is 11.6 Å². The Morgan fingerprint density at radius 2 is 2.32 bits per heavy atom. The lowest BCUT2D eigenvalue weighted by Crippen LogP contribution is -2.36. The highest BCUT2D eigenvalue weighted by molar-refractivity contribution is 6.30. The summed E-state index contributed by atoms with van der Waals surface area (Å²) in [6.07, 6.45) is 3.57. The van der Waals surface area contributed by atoms with Crippen LogP contribution in [0.2, 0.25) is 5.02 Å². The van der Waals surface area contributed by atoms with Crippen LogP contribution in [0, 0.1) is 16.7 Å². The second kappa shape index (κ2) is 3.98. The number of amides is 1. The predicted octanol–water partition coefficient (Wildman–Crippen LogP) is 3.63. The number of anilines is 1. The van der Waals surface area contributed by atoms with Crippen LogP contribution in [0.4, 0.5) is 5.69 Å². The van der Waals surface area contributed by atoms with Gasteiger partial charge in [-0.25, -0.2) is 0 Å². The summed E-state index contributed by atoms with van der Waals surface area (Å²) >= 11 is 6.09. The lowest BCUT2D eigenvalue weighted by molar-refractivity contribution is -0.120. The summed E-state index contributed by atoms with van der Waals surface area (Å²) in [7, 11) is 0. The molecule has 4 heteroatoms. The summed E-state index contributed by atoms with van der Waals surface area (Å²) in [6.45, 7) is 2.12. The zero-order valence-corrected chi connectivity index (χ0v) is 11.5. The van der Waals surface area contributed by atoms with Crippen molar-refractivity contribution in [1.29, 1.82) is 5.26 Å². The molecule has 1 amide bonds. The van der Waals surface area contributed by atoms with Crippen molar-refractivity contribution >= 4 is 23.2 Å². The fourth-order valence-corrected chi connectivity index (χ4v) is 3.57. The van der Waals surface area contributed by atoms with Gasteiger partial charge in [-0.1, -0.05) is 31.4 Å². The van der Waals surface area contributed by atoms with Gasteiger partial charge in [0.15, 0.2) is 0 Å². The number of halogens is 1. The molecule has 1 N–H and O–H groups in total. The first-order valence-electron chi connectivity index (χ1n) is 6.62. The largest absolute Gasteiger partial charge is 0.324 e. The van der Waals surface area contributed by atoms with Crippen LogP contribution in [-0.4, -0.2) is 5.91 Å². The highest BCUT2D eigenvalue weighted by Gasteiger charge is 2.75. The molecule has 1 aliphatic carbocycles. The van der Waals surface area contributed by atoms with E-state index in [1.807, 2.05) is 12.1 Å². The van der Waals surface area contributed by atoms with Crippen molar-refractivity contribution in [2.24, 2.45) is 5.41 Å². The number of carbonyl (C=O) groups is 1. The molecule has 1 saturated carbocycles. The Bertz CT molecular complexity index is 607. The Kier molecular flexibility index (Phi) is 2.62. The van der Waals surface area contributed by atoms with Crippen molar-refractivity contribution in [2.45, 2.75) is 38.0 Å². The van der Waals surface area contributed by atoms with E-state index < -0.39 is 5.41 Å². The average molecular weight is 275 g/mol. The molecular weight excluding hydrogens is 260 g/mol. The highest BCUT2D eigenvalue weighted by atomic mass is 35.5. The van der Waals surface area contributed by atoms with Crippen molar-refractivity contribution in [3.8, 4) is 6.07 Å². The van der Waals surface area contributed by atoms with E-state index in [1.54, 1.807) is 6.07 Å². The van der Waals surface area contributed by atoms with Crippen LogP contribution in [0.3, 0.4) is 0 Å². The van der Waals surface area contributed by atoms with E-state index in [0.29, 0.717) is 11.4 Å². The quantitative estimate of drug-likeness (QED) is 0.915. The van der Waals surface area contributed by atoms with Gasteiger partial charge in [-0.2, -0.15) is 5.26 Å². The lowest BCUT2D eigenvalue weighted by atomic mass is 9.79. The van der Waals surface area contributed by atoms with Gasteiger partial charge in [0.1, 0.15) is 5.41 Å². The standard InChI is InChI=1S/C15H15ClN2O/c1-2-3-6-14-8-15(14,9-17)13(19)18-12-5-4-10(16)7-11(12)14/h4-5,7H,2-3,6,8H2,1H3,(H,18,19). The minimum atomic E-state index is -0.875. The predicted molar refractivity (Wildman–Crippen MR) is 73.9 cm³/mol. The molecule has 0 bridgehead atoms. The minimum absolute atomic E-state index is 0.152. The molecule has 1 aliphatic heterocycles. The summed E-state index contributed by atoms with van der Waals surface area (Å²) in [5, 5.41) is 13.0. The molecule has 0 radical (unpaired) electrons. The summed E-state index contributed by atoms with van der Waals surface area (Å²) in [5.74, 6) is -0.152. The van der Waals surface area contributed by atoms with E-state index in [9.17, 15) is 10.1 Å². The zero-order valence-electron chi connectivity index (χ0n) is 10.8. The van der Waals surface area contributed by atoms with E-state index in [-0.39, 0.29) is 11.3 Å². The number of hydrogen-bond acceptors (Lipinski definition) is 2. The number of unbranched alkanes of at least 4 members (excludes halogenated alkanes) is 1. The Morgan fingerprint density at radius 3 is 3.00 bits per heavy atom. The van der Waals surface area contributed by atoms with Gasteiger partial charge in [-0.15, -0.1) is 0 Å². The number of nitriles is 1. The van der Waals surface area contributed by atoms with Crippen molar-refractivity contribution < 1.29 is 4.79 Å². The fraction of sp³-hybridized carbons (Fsp3) is 0.467. The van der Waals surface area contributed by atoms with Gasteiger partial charge in [-0.3, -0.25) is 4.79 Å². The minimum Gasteiger partial charge on any atom is -0.324 e. The van der Waals surface area contributed by atoms with E-state index in [1.165, 1.54) is 0 Å². The molecule has 3 rings (SSSR count). The average Bonchev–Trinajstić information content (AvgIpc) is 3.10. The third-order valence-electron chi connectivity index (χ3n) is 4.54. The SMILES string of the molecule is CCCCC12CC1(C#N)C(=O)Nc1ccc(Cl)cc12. The van der Waals surface area contributed by atoms with Crippen molar-refractivity contribution in [3.05, 3.63) is 28.8 Å². The van der Waals surface area contributed by atoms with Crippen molar-refractivity contribution in [3.63, 3.8) is 0 Å². The highest BCUT2D eigenvalue weighted by Crippen LogP contribution is 2.70. The molecule has 1 heterocycles. The molecule has 3 nitrogen and oxygen atoms in total. The maximum absolute atomic E-state index is 12.2. The lowest BCUT2D eigenvalue weighted by Gasteiger charge is -2.29. The molecule has 19 heavy (non-hydrogen) atoms. The summed E-state index contributed by atoms with van der Waals surface area (Å²) < 4.78 is 0. The normalized spacial score (nSPS) is 30.9. The topological polar surface area (TPSA) is 52.9 Å². The fourth-order valence-electron chi connectivity index (χ4n) is 3.39. The third kappa shape index (κ3) is 1.47. The smallest absolute Gasteiger partial charge is 0.245 e. The van der Waals surface area contributed by atoms with Crippen LogP contribution in [0.5, 0.6) is 0 Å². The van der Waals surface area contributed by atoms with Gasteiger partial charge in [0.2, 0.25) is 5.91 Å². The van der Waals surface area contributed by atoms with Gasteiger partial charge in [-0.05, 0) is 36.6 Å². The maximum Gasteiger partial charge on any atom is 0.245 e. The molecule has 2 atom stereocenters. The molecule has 0 spiro atoms. The van der Waals surface area contributed by atoms with Crippen LogP contribution in [0.25, 0.3) is 0 Å². The number of hydrogen-bond donors (Lipinski definition) is 1. The number of nitrogens with one attached hydrogen (secondary N) is 1. The van der Waals surface area contributed by atoms with E-state index >= 15 is 0 Å². The number of benzene rings is 1. The Hall–Kier alpha value is -1.53. The first-order valence-corrected chi connectivity index (χ1v) is 7.00. The zero-order chi connectivity index (χ0) is 13.7. The second-order valence-corrected chi connectivity index (χ2v) is 5.96. The van der Waals surface area contributed by atoms with Gasteiger partial charge < -0.3 is 5.32 Å². The molecule has 1 fully saturated rings. The molecule has 98 valence electrons. The molecule has 2 aliphatic rings. The third-order valence-corrected chi connectivity index (χ3v) is 4.77. The Labute approximate surface area is 117 Å². The van der Waals surface area contributed by atoms with Gasteiger partial charge in [0.05, 0.1) is 6.07 Å². The first kappa shape index (κ1) is 12.5. The van der Waals surface area contributed by atoms with Crippen LogP contribution in [0.15, 0.2) is 18.2 Å². The monoisotopic (exact) mass is 274 g/mol. The van der Waals surface area contributed by atoms with Gasteiger partial charge in [0, 0.05) is 16.1 Å². The second-order valence-electron chi connectivity index (χ2n) is 5.52. The Morgan fingerprint density at radius 1 is 1.53 bits per heavy atom. The number of nitrogens with zero attached hydrogens (tertiary/aromatic N) is 1. The van der Waals surface area contributed by atoms with Crippen molar-refractivity contribution in [1.82, 2.24) is 0 Å².